The molecule has 1 aliphatic rings. The van der Waals surface area contributed by atoms with Crippen LogP contribution in [0.15, 0.2) is 12.3 Å². The minimum atomic E-state index is -0.311. The fraction of sp³-hybridized carbons (Fsp3) is 0.692. The van der Waals surface area contributed by atoms with Gasteiger partial charge in [0.25, 0.3) is 0 Å². The number of carbonyl (C=O) groups excluding carboxylic acids is 1. The molecular weight excluding hydrogens is 310 g/mol. The second-order valence-electron chi connectivity index (χ2n) is 4.85. The van der Waals surface area contributed by atoms with Gasteiger partial charge in [-0.1, -0.05) is 28.8 Å². The maximum atomic E-state index is 11.2. The molecule has 1 fully saturated rings. The van der Waals surface area contributed by atoms with Gasteiger partial charge in [0.15, 0.2) is 0 Å². The lowest BCUT2D eigenvalue weighted by Gasteiger charge is -2.09. The Morgan fingerprint density at radius 2 is 2.37 bits per heavy atom. The van der Waals surface area contributed by atoms with Crippen molar-refractivity contribution in [2.24, 2.45) is 0 Å². The Hall–Kier alpha value is -0.880. The standard InChI is InChI=1S/C13H20BrN3O2/c1-19-13(18)12(14)9-15-8-10-6-7-17(16-10)11-4-2-3-5-11/h6-7,11-12,15H,2-5,8-9H2,1H3. The van der Waals surface area contributed by atoms with Crippen molar-refractivity contribution in [3.63, 3.8) is 0 Å². The first kappa shape index (κ1) is 14.5. The zero-order valence-electron chi connectivity index (χ0n) is 11.1. The molecule has 0 aromatic carbocycles. The Labute approximate surface area is 121 Å². The third kappa shape index (κ3) is 4.04. The molecule has 1 atom stereocenters. The van der Waals surface area contributed by atoms with E-state index in [1.54, 1.807) is 0 Å². The van der Waals surface area contributed by atoms with Crippen molar-refractivity contribution in [2.45, 2.75) is 43.1 Å². The lowest BCUT2D eigenvalue weighted by Crippen LogP contribution is -2.29. The predicted molar refractivity (Wildman–Crippen MR) is 76.2 cm³/mol. The average Bonchev–Trinajstić information content (AvgIpc) is 3.07. The molecule has 1 saturated carbocycles. The van der Waals surface area contributed by atoms with E-state index >= 15 is 0 Å². The molecule has 0 amide bonds. The monoisotopic (exact) mass is 329 g/mol. The summed E-state index contributed by atoms with van der Waals surface area (Å²) < 4.78 is 6.72. The molecule has 0 saturated heterocycles. The first-order valence-corrected chi connectivity index (χ1v) is 7.59. The van der Waals surface area contributed by atoms with Crippen LogP contribution in [0.3, 0.4) is 0 Å². The Kier molecular flexibility index (Phi) is 5.39. The van der Waals surface area contributed by atoms with Gasteiger partial charge in [-0.15, -0.1) is 0 Å². The van der Waals surface area contributed by atoms with E-state index in [0.29, 0.717) is 19.1 Å². The number of ether oxygens (including phenoxy) is 1. The van der Waals surface area contributed by atoms with Gasteiger partial charge < -0.3 is 10.1 Å². The van der Waals surface area contributed by atoms with Gasteiger partial charge in [-0.3, -0.25) is 9.48 Å². The number of hydrogen-bond acceptors (Lipinski definition) is 4. The summed E-state index contributed by atoms with van der Waals surface area (Å²) >= 11 is 3.27. The zero-order chi connectivity index (χ0) is 13.7. The van der Waals surface area contributed by atoms with E-state index in [1.165, 1.54) is 32.8 Å². The number of rotatable bonds is 6. The lowest BCUT2D eigenvalue weighted by atomic mass is 10.3. The van der Waals surface area contributed by atoms with Gasteiger partial charge in [0.2, 0.25) is 0 Å². The van der Waals surface area contributed by atoms with Gasteiger partial charge in [-0.05, 0) is 18.9 Å². The molecule has 6 heteroatoms. The van der Waals surface area contributed by atoms with E-state index in [4.69, 9.17) is 0 Å². The molecule has 1 N–H and O–H groups in total. The summed E-state index contributed by atoms with van der Waals surface area (Å²) in [5.41, 5.74) is 1.01. The summed E-state index contributed by atoms with van der Waals surface area (Å²) in [6.45, 7) is 1.20. The highest BCUT2D eigenvalue weighted by Crippen LogP contribution is 2.28. The molecule has 1 unspecified atom stereocenters. The van der Waals surface area contributed by atoms with Crippen molar-refractivity contribution >= 4 is 21.9 Å². The Balaban J connectivity index is 1.75. The van der Waals surface area contributed by atoms with E-state index in [0.717, 1.165) is 5.69 Å². The number of aromatic nitrogens is 2. The highest BCUT2D eigenvalue weighted by molar-refractivity contribution is 9.10. The van der Waals surface area contributed by atoms with E-state index in [2.05, 4.69) is 42.0 Å². The van der Waals surface area contributed by atoms with Crippen LogP contribution in [0, 0.1) is 0 Å². The van der Waals surface area contributed by atoms with Gasteiger partial charge >= 0.3 is 5.97 Å². The number of carbonyl (C=O) groups is 1. The van der Waals surface area contributed by atoms with E-state index in [-0.39, 0.29) is 10.8 Å². The molecule has 0 radical (unpaired) electrons. The summed E-state index contributed by atoms with van der Waals surface area (Å²) in [6.07, 6.45) is 7.14. The maximum Gasteiger partial charge on any atom is 0.320 e. The van der Waals surface area contributed by atoms with Crippen molar-refractivity contribution in [1.29, 1.82) is 0 Å². The molecule has 106 valence electrons. The quantitative estimate of drug-likeness (QED) is 0.640. The Bertz CT molecular complexity index is 416. The van der Waals surface area contributed by atoms with Crippen LogP contribution >= 0.6 is 15.9 Å². The largest absolute Gasteiger partial charge is 0.468 e. The fourth-order valence-corrected chi connectivity index (χ4v) is 2.80. The predicted octanol–water partition coefficient (Wildman–Crippen LogP) is 2.02. The van der Waals surface area contributed by atoms with E-state index < -0.39 is 0 Å². The Morgan fingerprint density at radius 1 is 1.63 bits per heavy atom. The minimum absolute atomic E-state index is 0.260. The maximum absolute atomic E-state index is 11.2. The van der Waals surface area contributed by atoms with Crippen LogP contribution in [0.1, 0.15) is 37.4 Å². The third-order valence-corrected chi connectivity index (χ3v) is 4.15. The van der Waals surface area contributed by atoms with Gasteiger partial charge in [0.1, 0.15) is 4.83 Å². The SMILES string of the molecule is COC(=O)C(Br)CNCc1ccn(C2CCCC2)n1. The van der Waals surface area contributed by atoms with Crippen molar-refractivity contribution in [3.05, 3.63) is 18.0 Å². The molecule has 0 aliphatic heterocycles. The average molecular weight is 330 g/mol. The van der Waals surface area contributed by atoms with Crippen molar-refractivity contribution < 1.29 is 9.53 Å². The number of hydrogen-bond donors (Lipinski definition) is 1. The summed E-state index contributed by atoms with van der Waals surface area (Å²) in [6, 6.07) is 2.61. The summed E-state index contributed by atoms with van der Waals surface area (Å²) in [4.78, 5) is 10.9. The van der Waals surface area contributed by atoms with Gasteiger partial charge in [0.05, 0.1) is 18.8 Å². The molecule has 0 bridgehead atoms. The van der Waals surface area contributed by atoms with Crippen LogP contribution in [0.5, 0.6) is 0 Å². The number of halogens is 1. The minimum Gasteiger partial charge on any atom is -0.468 e. The molecule has 1 aliphatic carbocycles. The number of alkyl halides is 1. The molecule has 2 rings (SSSR count). The number of methoxy groups -OCH3 is 1. The number of nitrogens with one attached hydrogen (secondary N) is 1. The summed E-state index contributed by atoms with van der Waals surface area (Å²) in [7, 11) is 1.39. The number of nitrogens with zero attached hydrogens (tertiary/aromatic N) is 2. The van der Waals surface area contributed by atoms with Crippen molar-refractivity contribution in [3.8, 4) is 0 Å². The van der Waals surface area contributed by atoms with Gasteiger partial charge in [-0.25, -0.2) is 0 Å². The smallest absolute Gasteiger partial charge is 0.320 e. The van der Waals surface area contributed by atoms with Gasteiger partial charge in [0, 0.05) is 19.3 Å². The molecule has 1 heterocycles. The zero-order valence-corrected chi connectivity index (χ0v) is 12.7. The van der Waals surface area contributed by atoms with Gasteiger partial charge in [-0.2, -0.15) is 5.10 Å². The Morgan fingerprint density at radius 3 is 3.05 bits per heavy atom. The lowest BCUT2D eigenvalue weighted by molar-refractivity contribution is -0.139. The summed E-state index contributed by atoms with van der Waals surface area (Å²) in [5, 5.41) is 7.77. The first-order valence-electron chi connectivity index (χ1n) is 6.67. The van der Waals surface area contributed by atoms with Crippen molar-refractivity contribution in [1.82, 2.24) is 15.1 Å². The molecule has 5 nitrogen and oxygen atoms in total. The van der Waals surface area contributed by atoms with Crippen LogP contribution in [-0.4, -0.2) is 34.2 Å². The van der Waals surface area contributed by atoms with E-state index in [1.807, 2.05) is 6.07 Å². The topological polar surface area (TPSA) is 56.1 Å². The van der Waals surface area contributed by atoms with Crippen LogP contribution in [0.4, 0.5) is 0 Å². The van der Waals surface area contributed by atoms with Crippen molar-refractivity contribution in [2.75, 3.05) is 13.7 Å². The molecule has 19 heavy (non-hydrogen) atoms. The molecule has 1 aromatic rings. The number of esters is 1. The second-order valence-corrected chi connectivity index (χ2v) is 5.95. The first-order chi connectivity index (χ1) is 9.20. The van der Waals surface area contributed by atoms with Crippen LogP contribution in [0.25, 0.3) is 0 Å². The molecule has 1 aromatic heterocycles. The summed E-state index contributed by atoms with van der Waals surface area (Å²) in [5.74, 6) is -0.260. The highest BCUT2D eigenvalue weighted by Gasteiger charge is 2.18. The molecular formula is C13H20BrN3O2. The fourth-order valence-electron chi connectivity index (χ4n) is 2.38. The highest BCUT2D eigenvalue weighted by atomic mass is 79.9. The molecule has 0 spiro atoms. The van der Waals surface area contributed by atoms with Crippen LogP contribution in [-0.2, 0) is 16.1 Å². The van der Waals surface area contributed by atoms with Crippen LogP contribution in [0.2, 0.25) is 0 Å². The van der Waals surface area contributed by atoms with E-state index in [9.17, 15) is 4.79 Å². The third-order valence-electron chi connectivity index (χ3n) is 3.45. The second kappa shape index (κ2) is 7.05. The van der Waals surface area contributed by atoms with Crippen LogP contribution < -0.4 is 5.32 Å². The normalized spacial score (nSPS) is 17.6.